The normalized spacial score (nSPS) is 10.3. The van der Waals surface area contributed by atoms with Gasteiger partial charge >= 0.3 is 0 Å². The highest BCUT2D eigenvalue weighted by Crippen LogP contribution is 2.02. The lowest BCUT2D eigenvalue weighted by atomic mass is 10.4. The van der Waals surface area contributed by atoms with Crippen LogP contribution >= 0.6 is 0 Å². The number of hydrogen-bond donors (Lipinski definition) is 1. The van der Waals surface area contributed by atoms with Crippen LogP contribution in [0.4, 0.5) is 10.2 Å². The summed E-state index contributed by atoms with van der Waals surface area (Å²) in [6.45, 7) is 2.29. The number of anilines is 1. The van der Waals surface area contributed by atoms with Crippen LogP contribution in [0.25, 0.3) is 0 Å². The van der Waals surface area contributed by atoms with Gasteiger partial charge in [0.25, 0.3) is 0 Å². The first-order chi connectivity index (χ1) is 7.33. The van der Waals surface area contributed by atoms with Crippen molar-refractivity contribution in [1.82, 2.24) is 4.98 Å². The zero-order chi connectivity index (χ0) is 10.9. The highest BCUT2D eigenvalue weighted by Gasteiger charge is 1.95. The Bertz CT molecular complexity index is 284. The van der Waals surface area contributed by atoms with E-state index >= 15 is 0 Å². The average Bonchev–Trinajstić information content (AvgIpc) is 2.23. The van der Waals surface area contributed by atoms with E-state index in [2.05, 4.69) is 10.3 Å². The summed E-state index contributed by atoms with van der Waals surface area (Å²) < 4.78 is 22.7. The zero-order valence-corrected chi connectivity index (χ0v) is 8.70. The molecule has 1 heterocycles. The first kappa shape index (κ1) is 11.9. The van der Waals surface area contributed by atoms with Gasteiger partial charge < -0.3 is 14.8 Å². The largest absolute Gasteiger partial charge is 0.382 e. The number of ether oxygens (including phenoxy) is 2. The molecule has 0 spiro atoms. The quantitative estimate of drug-likeness (QED) is 0.548. The van der Waals surface area contributed by atoms with Crippen LogP contribution in [0.2, 0.25) is 0 Å². The van der Waals surface area contributed by atoms with Crippen LogP contribution < -0.4 is 5.32 Å². The van der Waals surface area contributed by atoms with E-state index in [0.29, 0.717) is 32.2 Å². The lowest BCUT2D eigenvalue weighted by Gasteiger charge is -2.06. The van der Waals surface area contributed by atoms with Gasteiger partial charge in [-0.15, -0.1) is 0 Å². The van der Waals surface area contributed by atoms with Gasteiger partial charge in [-0.2, -0.15) is 4.39 Å². The average molecular weight is 214 g/mol. The van der Waals surface area contributed by atoms with E-state index in [4.69, 9.17) is 9.47 Å². The number of nitrogens with one attached hydrogen (secondary N) is 1. The molecule has 0 aliphatic heterocycles. The third kappa shape index (κ3) is 5.29. The highest BCUT2D eigenvalue weighted by atomic mass is 19.1. The second-order valence-corrected chi connectivity index (χ2v) is 2.88. The summed E-state index contributed by atoms with van der Waals surface area (Å²) in [5.41, 5.74) is 0. The Kier molecular flexibility index (Phi) is 5.65. The Morgan fingerprint density at radius 3 is 2.93 bits per heavy atom. The maximum atomic E-state index is 12.6. The second-order valence-electron chi connectivity index (χ2n) is 2.88. The highest BCUT2D eigenvalue weighted by molar-refractivity contribution is 5.33. The van der Waals surface area contributed by atoms with Crippen molar-refractivity contribution in [3.8, 4) is 0 Å². The molecule has 0 atom stereocenters. The van der Waals surface area contributed by atoms with Crippen LogP contribution in [-0.4, -0.2) is 38.5 Å². The van der Waals surface area contributed by atoms with Gasteiger partial charge in [0.05, 0.1) is 19.8 Å². The monoisotopic (exact) mass is 214 g/mol. The molecule has 1 rings (SSSR count). The van der Waals surface area contributed by atoms with Crippen molar-refractivity contribution < 1.29 is 13.9 Å². The van der Waals surface area contributed by atoms with E-state index < -0.39 is 5.95 Å². The van der Waals surface area contributed by atoms with Crippen molar-refractivity contribution in [3.05, 3.63) is 24.1 Å². The van der Waals surface area contributed by atoms with Crippen molar-refractivity contribution >= 4 is 5.82 Å². The lowest BCUT2D eigenvalue weighted by Crippen LogP contribution is -2.12. The minimum atomic E-state index is -0.486. The fraction of sp³-hybridized carbons (Fsp3) is 0.500. The molecule has 0 fully saturated rings. The van der Waals surface area contributed by atoms with Crippen molar-refractivity contribution in [2.75, 3.05) is 38.8 Å². The van der Waals surface area contributed by atoms with Gasteiger partial charge in [0.2, 0.25) is 5.95 Å². The SMILES string of the molecule is COCCOCCNc1cccc(F)n1. The third-order valence-electron chi connectivity index (χ3n) is 1.70. The fourth-order valence-electron chi connectivity index (χ4n) is 1.00. The summed E-state index contributed by atoms with van der Waals surface area (Å²) >= 11 is 0. The van der Waals surface area contributed by atoms with Gasteiger partial charge in [-0.3, -0.25) is 0 Å². The van der Waals surface area contributed by atoms with E-state index in [1.54, 1.807) is 19.2 Å². The third-order valence-corrected chi connectivity index (χ3v) is 1.70. The van der Waals surface area contributed by atoms with Crippen molar-refractivity contribution in [3.63, 3.8) is 0 Å². The van der Waals surface area contributed by atoms with Gasteiger partial charge in [0, 0.05) is 13.7 Å². The Hall–Kier alpha value is -1.20. The molecule has 0 radical (unpaired) electrons. The van der Waals surface area contributed by atoms with Gasteiger partial charge in [-0.05, 0) is 12.1 Å². The lowest BCUT2D eigenvalue weighted by molar-refractivity contribution is 0.0759. The van der Waals surface area contributed by atoms with Crippen LogP contribution in [0, 0.1) is 5.95 Å². The zero-order valence-electron chi connectivity index (χ0n) is 8.70. The maximum Gasteiger partial charge on any atom is 0.214 e. The van der Waals surface area contributed by atoms with E-state index in [1.165, 1.54) is 6.07 Å². The summed E-state index contributed by atoms with van der Waals surface area (Å²) in [4.78, 5) is 3.65. The van der Waals surface area contributed by atoms with Crippen molar-refractivity contribution in [1.29, 1.82) is 0 Å². The van der Waals surface area contributed by atoms with Gasteiger partial charge in [-0.1, -0.05) is 6.07 Å². The molecule has 1 aromatic heterocycles. The maximum absolute atomic E-state index is 12.6. The molecule has 0 amide bonds. The minimum Gasteiger partial charge on any atom is -0.382 e. The smallest absolute Gasteiger partial charge is 0.214 e. The second kappa shape index (κ2) is 7.14. The molecule has 0 saturated heterocycles. The van der Waals surface area contributed by atoms with E-state index in [1.807, 2.05) is 0 Å². The molecule has 15 heavy (non-hydrogen) atoms. The van der Waals surface area contributed by atoms with E-state index in [9.17, 15) is 4.39 Å². The van der Waals surface area contributed by atoms with Crippen LogP contribution in [-0.2, 0) is 9.47 Å². The number of nitrogens with zero attached hydrogens (tertiary/aromatic N) is 1. The Balaban J connectivity index is 2.10. The predicted octanol–water partition coefficient (Wildman–Crippen LogP) is 1.30. The molecule has 0 aliphatic carbocycles. The number of aromatic nitrogens is 1. The molecule has 0 aliphatic rings. The molecule has 0 aromatic carbocycles. The minimum absolute atomic E-state index is 0.486. The number of pyridine rings is 1. The van der Waals surface area contributed by atoms with Crippen molar-refractivity contribution in [2.24, 2.45) is 0 Å². The van der Waals surface area contributed by atoms with E-state index in [-0.39, 0.29) is 0 Å². The Labute approximate surface area is 88.4 Å². The molecular weight excluding hydrogens is 199 g/mol. The standard InChI is InChI=1S/C10H15FN2O2/c1-14-7-8-15-6-5-12-10-4-2-3-9(11)13-10/h2-4H,5-8H2,1H3,(H,12,13). The molecule has 1 N–H and O–H groups in total. The molecule has 0 unspecified atom stereocenters. The Morgan fingerprint density at radius 1 is 1.33 bits per heavy atom. The van der Waals surface area contributed by atoms with E-state index in [0.717, 1.165) is 0 Å². The molecule has 4 nitrogen and oxygen atoms in total. The molecule has 5 heteroatoms. The summed E-state index contributed by atoms with van der Waals surface area (Å²) in [7, 11) is 1.62. The molecule has 0 bridgehead atoms. The fourth-order valence-corrected chi connectivity index (χ4v) is 1.00. The molecule has 1 aromatic rings. The molecule has 0 saturated carbocycles. The first-order valence-electron chi connectivity index (χ1n) is 4.76. The summed E-state index contributed by atoms with van der Waals surface area (Å²) in [5, 5.41) is 2.95. The number of rotatable bonds is 7. The Morgan fingerprint density at radius 2 is 2.20 bits per heavy atom. The van der Waals surface area contributed by atoms with Crippen molar-refractivity contribution in [2.45, 2.75) is 0 Å². The van der Waals surface area contributed by atoms with Gasteiger partial charge in [0.15, 0.2) is 0 Å². The number of hydrogen-bond acceptors (Lipinski definition) is 4. The predicted molar refractivity (Wildman–Crippen MR) is 55.4 cm³/mol. The topological polar surface area (TPSA) is 43.4 Å². The number of methoxy groups -OCH3 is 1. The first-order valence-corrected chi connectivity index (χ1v) is 4.76. The summed E-state index contributed by atoms with van der Waals surface area (Å²) in [6.07, 6.45) is 0. The van der Waals surface area contributed by atoms with Crippen LogP contribution in [0.1, 0.15) is 0 Å². The summed E-state index contributed by atoms with van der Waals surface area (Å²) in [6, 6.07) is 4.62. The van der Waals surface area contributed by atoms with Crippen LogP contribution in [0.15, 0.2) is 18.2 Å². The van der Waals surface area contributed by atoms with Crippen LogP contribution in [0.5, 0.6) is 0 Å². The van der Waals surface area contributed by atoms with Gasteiger partial charge in [0.1, 0.15) is 5.82 Å². The summed E-state index contributed by atoms with van der Waals surface area (Å²) in [5.74, 6) is 0.0330. The number of halogens is 1. The van der Waals surface area contributed by atoms with Crippen LogP contribution in [0.3, 0.4) is 0 Å². The van der Waals surface area contributed by atoms with Gasteiger partial charge in [-0.25, -0.2) is 4.98 Å². The molecular formula is C10H15FN2O2. The molecule has 84 valence electrons.